The van der Waals surface area contributed by atoms with Crippen LogP contribution in [0.4, 0.5) is 0 Å². The topological polar surface area (TPSA) is 49.5 Å². The van der Waals surface area contributed by atoms with Crippen LogP contribution in [0.2, 0.25) is 0 Å². The van der Waals surface area contributed by atoms with Gasteiger partial charge < -0.3 is 0 Å². The number of fused-ring (bicyclic) bond motifs is 3. The van der Waals surface area contributed by atoms with E-state index in [4.69, 9.17) is 8.74 Å². The molecule has 2 aliphatic carbocycles. The first-order chi connectivity index (χ1) is 10.9. The van der Waals surface area contributed by atoms with Gasteiger partial charge in [-0.3, -0.25) is 8.74 Å². The summed E-state index contributed by atoms with van der Waals surface area (Å²) >= 11 is -2.13. The Kier molecular flexibility index (Phi) is 5.29. The Bertz CT molecular complexity index is 502. The molecule has 0 spiro atoms. The van der Waals surface area contributed by atoms with Crippen molar-refractivity contribution in [3.63, 3.8) is 0 Å². The molecule has 0 radical (unpaired) electrons. The zero-order valence-electron chi connectivity index (χ0n) is 14.8. The fourth-order valence-electron chi connectivity index (χ4n) is 5.84. The van der Waals surface area contributed by atoms with E-state index in [1.807, 2.05) is 0 Å². The standard InChI is InChI=1S/C18H31NO3S/c1-13-18(2,3)17-15-8-5-4-7-14(15)9-10-16(17)19(13)11-6-12-22-23(20)21/h14-17H,4-12H2,1-3H3/p+1. The van der Waals surface area contributed by atoms with E-state index in [0.29, 0.717) is 12.6 Å². The van der Waals surface area contributed by atoms with E-state index in [-0.39, 0.29) is 5.41 Å². The van der Waals surface area contributed by atoms with Gasteiger partial charge in [0.15, 0.2) is 11.8 Å². The van der Waals surface area contributed by atoms with Crippen LogP contribution in [-0.4, -0.2) is 38.2 Å². The summed E-state index contributed by atoms with van der Waals surface area (Å²) in [7, 11) is 0. The van der Waals surface area contributed by atoms with Crippen molar-refractivity contribution < 1.29 is 17.5 Å². The van der Waals surface area contributed by atoms with Gasteiger partial charge in [-0.25, -0.2) is 4.58 Å². The van der Waals surface area contributed by atoms with Crippen molar-refractivity contribution in [1.82, 2.24) is 0 Å². The molecule has 3 rings (SSSR count). The van der Waals surface area contributed by atoms with Crippen LogP contribution in [0.25, 0.3) is 0 Å². The summed E-state index contributed by atoms with van der Waals surface area (Å²) < 4.78 is 26.8. The highest BCUT2D eigenvalue weighted by atomic mass is 32.2. The molecule has 1 N–H and O–H groups in total. The predicted molar refractivity (Wildman–Crippen MR) is 92.9 cm³/mol. The van der Waals surface area contributed by atoms with Crippen LogP contribution in [0.1, 0.15) is 65.7 Å². The van der Waals surface area contributed by atoms with Crippen LogP contribution in [-0.2, 0) is 15.5 Å². The van der Waals surface area contributed by atoms with Crippen LogP contribution in [0.3, 0.4) is 0 Å². The van der Waals surface area contributed by atoms with E-state index in [0.717, 1.165) is 30.7 Å². The predicted octanol–water partition coefficient (Wildman–Crippen LogP) is 3.63. The average Bonchev–Trinajstić information content (AvgIpc) is 2.71. The lowest BCUT2D eigenvalue weighted by Gasteiger charge is -2.45. The summed E-state index contributed by atoms with van der Waals surface area (Å²) in [5.41, 5.74) is 1.80. The monoisotopic (exact) mass is 342 g/mol. The van der Waals surface area contributed by atoms with Crippen LogP contribution >= 0.6 is 0 Å². The van der Waals surface area contributed by atoms with E-state index < -0.39 is 11.4 Å². The zero-order valence-corrected chi connectivity index (χ0v) is 15.6. The Morgan fingerprint density at radius 1 is 1.26 bits per heavy atom. The third-order valence-corrected chi connectivity index (χ3v) is 7.37. The van der Waals surface area contributed by atoms with Crippen molar-refractivity contribution >= 4 is 17.1 Å². The highest BCUT2D eigenvalue weighted by Gasteiger charge is 2.58. The molecule has 0 aromatic carbocycles. The molecule has 0 saturated heterocycles. The Morgan fingerprint density at radius 3 is 2.74 bits per heavy atom. The number of hydrogen-bond acceptors (Lipinski definition) is 2. The first-order valence-electron chi connectivity index (χ1n) is 9.27. The van der Waals surface area contributed by atoms with Gasteiger partial charge in [0.05, 0.1) is 12.0 Å². The Labute approximate surface area is 143 Å². The van der Waals surface area contributed by atoms with Gasteiger partial charge in [-0.05, 0) is 38.5 Å². The molecule has 2 saturated carbocycles. The minimum atomic E-state index is -2.13. The fraction of sp³-hybridized carbons (Fsp3) is 0.944. The lowest BCUT2D eigenvalue weighted by atomic mass is 9.57. The second-order valence-corrected chi connectivity index (χ2v) is 8.94. The van der Waals surface area contributed by atoms with E-state index in [1.165, 1.54) is 44.2 Å². The van der Waals surface area contributed by atoms with Crippen molar-refractivity contribution in [3.05, 3.63) is 0 Å². The van der Waals surface area contributed by atoms with Crippen molar-refractivity contribution in [2.24, 2.45) is 23.2 Å². The maximum absolute atomic E-state index is 10.6. The maximum atomic E-state index is 10.6. The average molecular weight is 343 g/mol. The lowest BCUT2D eigenvalue weighted by Crippen LogP contribution is -2.46. The molecule has 0 amide bonds. The number of nitrogens with zero attached hydrogens (tertiary/aromatic N) is 1. The zero-order chi connectivity index (χ0) is 16.6. The van der Waals surface area contributed by atoms with Crippen LogP contribution < -0.4 is 0 Å². The van der Waals surface area contributed by atoms with Crippen LogP contribution in [0.5, 0.6) is 0 Å². The minimum Gasteiger partial charge on any atom is -0.284 e. The Balaban J connectivity index is 1.73. The first-order valence-corrected chi connectivity index (χ1v) is 10.3. The van der Waals surface area contributed by atoms with Crippen LogP contribution in [0, 0.1) is 23.2 Å². The molecule has 0 aromatic heterocycles. The van der Waals surface area contributed by atoms with Gasteiger partial charge in [0.25, 0.3) is 0 Å². The summed E-state index contributed by atoms with van der Waals surface area (Å²) in [6.07, 6.45) is 9.23. The highest BCUT2D eigenvalue weighted by molar-refractivity contribution is 7.74. The normalized spacial score (nSPS) is 37.4. The van der Waals surface area contributed by atoms with E-state index >= 15 is 0 Å². The third kappa shape index (κ3) is 3.29. The summed E-state index contributed by atoms with van der Waals surface area (Å²) in [5, 5.41) is 0. The minimum absolute atomic E-state index is 0.284. The highest BCUT2D eigenvalue weighted by Crippen LogP contribution is 2.54. The summed E-state index contributed by atoms with van der Waals surface area (Å²) in [6, 6.07) is 0.670. The lowest BCUT2D eigenvalue weighted by molar-refractivity contribution is -0.570. The fourth-order valence-corrected chi connectivity index (χ4v) is 6.10. The second-order valence-electron chi connectivity index (χ2n) is 8.27. The van der Waals surface area contributed by atoms with Gasteiger partial charge in [0.1, 0.15) is 6.54 Å². The smallest absolute Gasteiger partial charge is 0.284 e. The van der Waals surface area contributed by atoms with Gasteiger partial charge in [-0.15, -0.1) is 0 Å². The van der Waals surface area contributed by atoms with Gasteiger partial charge in [-0.1, -0.05) is 19.3 Å². The maximum Gasteiger partial charge on any atom is 0.301 e. The largest absolute Gasteiger partial charge is 0.301 e. The molecule has 4 nitrogen and oxygen atoms in total. The van der Waals surface area contributed by atoms with Crippen molar-refractivity contribution in [3.8, 4) is 0 Å². The molecule has 0 bridgehead atoms. The third-order valence-electron chi connectivity index (χ3n) is 7.00. The second kappa shape index (κ2) is 6.93. The Morgan fingerprint density at radius 2 is 2.00 bits per heavy atom. The number of rotatable bonds is 5. The van der Waals surface area contributed by atoms with Crippen molar-refractivity contribution in [2.45, 2.75) is 71.8 Å². The summed E-state index contributed by atoms with van der Waals surface area (Å²) in [4.78, 5) is 0. The Hall–Kier alpha value is -0.260. The summed E-state index contributed by atoms with van der Waals surface area (Å²) in [5.74, 6) is 2.64. The molecule has 1 heterocycles. The van der Waals surface area contributed by atoms with Gasteiger partial charge in [-0.2, -0.15) is 4.21 Å². The van der Waals surface area contributed by atoms with E-state index in [9.17, 15) is 4.21 Å². The number of hydrogen-bond donors (Lipinski definition) is 1. The van der Waals surface area contributed by atoms with Gasteiger partial charge in [0.2, 0.25) is 0 Å². The molecule has 132 valence electrons. The van der Waals surface area contributed by atoms with E-state index in [1.54, 1.807) is 0 Å². The molecule has 5 heteroatoms. The quantitative estimate of drug-likeness (QED) is 0.471. The molecule has 3 aliphatic rings. The van der Waals surface area contributed by atoms with E-state index in [2.05, 4.69) is 25.3 Å². The molecule has 2 fully saturated rings. The SMILES string of the molecule is CC1=[N+](CCCOS(=O)O)C2CCC3CCCCC3C2C1(C)C. The van der Waals surface area contributed by atoms with Gasteiger partial charge >= 0.3 is 11.4 Å². The molecule has 1 aliphatic heterocycles. The first kappa shape index (κ1) is 17.6. The van der Waals surface area contributed by atoms with Crippen molar-refractivity contribution in [2.75, 3.05) is 13.2 Å². The molecular formula is C18H32NO3S+. The van der Waals surface area contributed by atoms with Crippen molar-refractivity contribution in [1.29, 1.82) is 0 Å². The molecule has 5 unspecified atom stereocenters. The molecular weight excluding hydrogens is 310 g/mol. The van der Waals surface area contributed by atoms with Crippen LogP contribution in [0.15, 0.2) is 0 Å². The molecule has 0 aromatic rings. The molecule has 5 atom stereocenters. The van der Waals surface area contributed by atoms with Gasteiger partial charge in [0, 0.05) is 25.7 Å². The molecule has 23 heavy (non-hydrogen) atoms. The summed E-state index contributed by atoms with van der Waals surface area (Å²) in [6.45, 7) is 8.50.